The topological polar surface area (TPSA) is 63.3 Å². The minimum absolute atomic E-state index is 0.173. The number of nitrogens with one attached hydrogen (secondary N) is 1. The molecule has 1 aliphatic rings. The zero-order valence-corrected chi connectivity index (χ0v) is 15.3. The number of anilines is 2. The molecule has 1 saturated heterocycles. The Hall–Kier alpha value is -1.65. The van der Waals surface area contributed by atoms with Crippen molar-refractivity contribution in [2.75, 3.05) is 29.6 Å². The first-order valence-electron chi connectivity index (χ1n) is 8.28. The molecule has 1 fully saturated rings. The van der Waals surface area contributed by atoms with E-state index in [4.69, 9.17) is 5.84 Å². The van der Waals surface area contributed by atoms with Crippen LogP contribution in [0.2, 0.25) is 0 Å². The number of hydrazine groups is 1. The molecule has 130 valence electrons. The molecule has 2 aromatic rings. The fourth-order valence-electron chi connectivity index (χ4n) is 3.67. The summed E-state index contributed by atoms with van der Waals surface area (Å²) >= 11 is 0. The van der Waals surface area contributed by atoms with Crippen LogP contribution >= 0.6 is 9.24 Å². The van der Waals surface area contributed by atoms with Crippen LogP contribution in [-0.2, 0) is 6.54 Å². The van der Waals surface area contributed by atoms with E-state index in [1.54, 1.807) is 13.1 Å². The van der Waals surface area contributed by atoms with Gasteiger partial charge in [0, 0.05) is 37.0 Å². The Labute approximate surface area is 143 Å². The molecule has 3 rings (SSSR count). The van der Waals surface area contributed by atoms with Crippen LogP contribution in [0.3, 0.4) is 0 Å². The molecule has 1 aliphatic heterocycles. The molecule has 1 aromatic carbocycles. The standard InChI is InChI=1S/C17H24FN4OP/c1-10-9-22(7-8-24)16-12(17(10)23)14(20-19)11(2)15(13(16)18)21-5-3-4-6-21/h9,20H,3-8,19,24H2,1-2H3. The number of nitrogen functional groups attached to an aromatic ring is 1. The van der Waals surface area contributed by atoms with E-state index in [1.807, 2.05) is 11.5 Å². The highest BCUT2D eigenvalue weighted by atomic mass is 31.0. The summed E-state index contributed by atoms with van der Waals surface area (Å²) in [6.45, 7) is 5.85. The normalized spacial score (nSPS) is 14.6. The molecule has 0 spiro atoms. The van der Waals surface area contributed by atoms with Crippen molar-refractivity contribution in [3.63, 3.8) is 0 Å². The number of nitrogens with two attached hydrogens (primary N) is 1. The maximum Gasteiger partial charge on any atom is 0.194 e. The van der Waals surface area contributed by atoms with Crippen LogP contribution in [0.15, 0.2) is 11.0 Å². The Morgan fingerprint density at radius 3 is 2.58 bits per heavy atom. The third-order valence-electron chi connectivity index (χ3n) is 4.79. The van der Waals surface area contributed by atoms with E-state index < -0.39 is 0 Å². The van der Waals surface area contributed by atoms with E-state index in [9.17, 15) is 4.79 Å². The van der Waals surface area contributed by atoms with E-state index in [2.05, 4.69) is 19.6 Å². The molecular weight excluding hydrogens is 326 g/mol. The van der Waals surface area contributed by atoms with Crippen molar-refractivity contribution in [1.29, 1.82) is 0 Å². The Morgan fingerprint density at radius 1 is 1.33 bits per heavy atom. The summed E-state index contributed by atoms with van der Waals surface area (Å²) in [6, 6.07) is 0. The van der Waals surface area contributed by atoms with Crippen molar-refractivity contribution in [2.24, 2.45) is 5.84 Å². The molecule has 0 amide bonds. The van der Waals surface area contributed by atoms with Crippen molar-refractivity contribution in [1.82, 2.24) is 4.57 Å². The van der Waals surface area contributed by atoms with Gasteiger partial charge in [-0.2, -0.15) is 0 Å². The van der Waals surface area contributed by atoms with Gasteiger partial charge in [0.15, 0.2) is 11.2 Å². The van der Waals surface area contributed by atoms with Gasteiger partial charge < -0.3 is 14.9 Å². The summed E-state index contributed by atoms with van der Waals surface area (Å²) in [5, 5.41) is 0.342. The van der Waals surface area contributed by atoms with Crippen LogP contribution in [0, 0.1) is 19.7 Å². The molecule has 3 N–H and O–H groups in total. The lowest BCUT2D eigenvalue weighted by molar-refractivity contribution is 0.619. The molecule has 1 atom stereocenters. The fourth-order valence-corrected chi connectivity index (χ4v) is 3.95. The van der Waals surface area contributed by atoms with Crippen LogP contribution in [0.25, 0.3) is 10.9 Å². The third kappa shape index (κ3) is 2.58. The second-order valence-electron chi connectivity index (χ2n) is 6.35. The average molecular weight is 350 g/mol. The van der Waals surface area contributed by atoms with E-state index in [1.165, 1.54) is 0 Å². The maximum atomic E-state index is 15.5. The van der Waals surface area contributed by atoms with Gasteiger partial charge in [-0.3, -0.25) is 10.6 Å². The summed E-state index contributed by atoms with van der Waals surface area (Å²) in [5.41, 5.74) is 5.20. The van der Waals surface area contributed by atoms with Gasteiger partial charge in [0.05, 0.1) is 22.3 Å². The number of aryl methyl sites for hydroxylation is 2. The lowest BCUT2D eigenvalue weighted by Gasteiger charge is -2.25. The number of rotatable bonds is 4. The van der Waals surface area contributed by atoms with Gasteiger partial charge in [-0.1, -0.05) is 0 Å². The van der Waals surface area contributed by atoms with Crippen molar-refractivity contribution >= 4 is 31.5 Å². The molecule has 5 nitrogen and oxygen atoms in total. The average Bonchev–Trinajstić information content (AvgIpc) is 3.06. The summed E-state index contributed by atoms with van der Waals surface area (Å²) in [4.78, 5) is 14.8. The lowest BCUT2D eigenvalue weighted by Crippen LogP contribution is -2.25. The summed E-state index contributed by atoms with van der Waals surface area (Å²) < 4.78 is 17.3. The van der Waals surface area contributed by atoms with Gasteiger partial charge in [-0.15, -0.1) is 9.24 Å². The van der Waals surface area contributed by atoms with Gasteiger partial charge in [0.1, 0.15) is 0 Å². The van der Waals surface area contributed by atoms with Gasteiger partial charge in [-0.05, 0) is 32.9 Å². The Morgan fingerprint density at radius 2 is 2.00 bits per heavy atom. The molecule has 2 heterocycles. The van der Waals surface area contributed by atoms with Crippen molar-refractivity contribution in [3.05, 3.63) is 33.4 Å². The highest BCUT2D eigenvalue weighted by Crippen LogP contribution is 2.38. The SMILES string of the molecule is Cc1c(N2CCCC2)c(F)c2c(c1NN)c(=O)c(C)cn2CCP. The maximum absolute atomic E-state index is 15.5. The van der Waals surface area contributed by atoms with Crippen LogP contribution in [-0.4, -0.2) is 23.8 Å². The van der Waals surface area contributed by atoms with Crippen LogP contribution < -0.4 is 21.6 Å². The van der Waals surface area contributed by atoms with Gasteiger partial charge in [0.2, 0.25) is 0 Å². The molecule has 0 radical (unpaired) electrons. The first-order valence-corrected chi connectivity index (χ1v) is 9.10. The number of pyridine rings is 1. The monoisotopic (exact) mass is 350 g/mol. The number of nitrogens with zero attached hydrogens (tertiary/aromatic N) is 2. The molecule has 7 heteroatoms. The molecular formula is C17H24FN4OP. The van der Waals surface area contributed by atoms with Crippen molar-refractivity contribution in [3.8, 4) is 0 Å². The molecule has 0 saturated carbocycles. The zero-order valence-electron chi connectivity index (χ0n) is 14.2. The minimum Gasteiger partial charge on any atom is -0.369 e. The van der Waals surface area contributed by atoms with Crippen LogP contribution in [0.4, 0.5) is 15.8 Å². The Kier molecular flexibility index (Phi) is 4.79. The molecule has 24 heavy (non-hydrogen) atoms. The minimum atomic E-state index is -0.320. The molecule has 0 aliphatic carbocycles. The zero-order chi connectivity index (χ0) is 17.4. The quantitative estimate of drug-likeness (QED) is 0.505. The molecule has 1 unspecified atom stereocenters. The summed E-state index contributed by atoms with van der Waals surface area (Å²) in [5.74, 6) is 5.41. The highest BCUT2D eigenvalue weighted by molar-refractivity contribution is 7.16. The molecule has 0 bridgehead atoms. The first kappa shape index (κ1) is 17.2. The largest absolute Gasteiger partial charge is 0.369 e. The van der Waals surface area contributed by atoms with E-state index in [0.29, 0.717) is 39.9 Å². The second-order valence-corrected chi connectivity index (χ2v) is 6.93. The Bertz CT molecular complexity index is 843. The third-order valence-corrected chi connectivity index (χ3v) is 5.05. The molecule has 1 aromatic heterocycles. The van der Waals surface area contributed by atoms with Crippen molar-refractivity contribution in [2.45, 2.75) is 33.2 Å². The van der Waals surface area contributed by atoms with Crippen molar-refractivity contribution < 1.29 is 4.39 Å². The number of benzene rings is 1. The number of halogens is 1. The van der Waals surface area contributed by atoms with Crippen LogP contribution in [0.5, 0.6) is 0 Å². The predicted molar refractivity (Wildman–Crippen MR) is 101 cm³/mol. The lowest BCUT2D eigenvalue weighted by atomic mass is 10.0. The number of hydrogen-bond acceptors (Lipinski definition) is 4. The number of aromatic nitrogens is 1. The second kappa shape index (κ2) is 6.69. The predicted octanol–water partition coefficient (Wildman–Crippen LogP) is 2.52. The fraction of sp³-hybridized carbons (Fsp3) is 0.471. The van der Waals surface area contributed by atoms with Gasteiger partial charge in [0.25, 0.3) is 0 Å². The summed E-state index contributed by atoms with van der Waals surface area (Å²) in [7, 11) is 2.64. The van der Waals surface area contributed by atoms with E-state index >= 15 is 4.39 Å². The van der Waals surface area contributed by atoms with Gasteiger partial charge in [-0.25, -0.2) is 4.39 Å². The number of hydrogen-bond donors (Lipinski definition) is 2. The summed E-state index contributed by atoms with van der Waals surface area (Å²) in [6.07, 6.45) is 4.61. The smallest absolute Gasteiger partial charge is 0.194 e. The van der Waals surface area contributed by atoms with Gasteiger partial charge >= 0.3 is 0 Å². The first-order chi connectivity index (χ1) is 11.5. The van der Waals surface area contributed by atoms with Crippen LogP contribution in [0.1, 0.15) is 24.0 Å². The van der Waals surface area contributed by atoms with E-state index in [0.717, 1.165) is 32.1 Å². The Balaban J connectivity index is 2.46. The highest BCUT2D eigenvalue weighted by Gasteiger charge is 2.26. The number of fused-ring (bicyclic) bond motifs is 1. The van der Waals surface area contributed by atoms with E-state index in [-0.39, 0.29) is 11.2 Å².